The maximum absolute atomic E-state index is 12.4. The van der Waals surface area contributed by atoms with Gasteiger partial charge in [-0.3, -0.25) is 9.59 Å². The number of fused-ring (bicyclic) bond motifs is 1. The van der Waals surface area contributed by atoms with Crippen LogP contribution in [-0.4, -0.2) is 29.8 Å². The molecule has 0 radical (unpaired) electrons. The third kappa shape index (κ3) is 4.44. The second-order valence-electron chi connectivity index (χ2n) is 7.87. The standard InChI is InChI=1S/C23H24ClNO4S/c24-21-16-9-8-15(29-12-4-7-19(26)27)13-18(16)30-22(21)20(14-5-2-1-3-6-14)17-10-11-25-23(17)28/h8-11,13-14,20H,1-7,12H2,(H,26,27). The molecule has 1 aliphatic carbocycles. The maximum atomic E-state index is 12.4. The first-order valence-electron chi connectivity index (χ1n) is 10.4. The number of carboxylic acid groups (broad SMARTS) is 1. The number of benzene rings is 1. The number of hydrogen-bond acceptors (Lipinski definition) is 4. The summed E-state index contributed by atoms with van der Waals surface area (Å²) < 4.78 is 6.73. The first-order chi connectivity index (χ1) is 14.5. The van der Waals surface area contributed by atoms with Gasteiger partial charge in [-0.15, -0.1) is 11.3 Å². The number of thiophene rings is 1. The number of carboxylic acids is 1. The number of carbonyl (C=O) groups is 2. The van der Waals surface area contributed by atoms with Crippen LogP contribution in [0, 0.1) is 5.92 Å². The molecule has 158 valence electrons. The largest absolute Gasteiger partial charge is 0.494 e. The molecule has 2 heterocycles. The summed E-state index contributed by atoms with van der Waals surface area (Å²) in [6.07, 6.45) is 9.79. The Balaban J connectivity index is 1.63. The number of aliphatic carboxylic acids is 1. The quantitative estimate of drug-likeness (QED) is 0.505. The lowest BCUT2D eigenvalue weighted by Crippen LogP contribution is -2.20. The van der Waals surface area contributed by atoms with Crippen LogP contribution in [0.1, 0.15) is 55.7 Å². The van der Waals surface area contributed by atoms with Gasteiger partial charge >= 0.3 is 5.97 Å². The van der Waals surface area contributed by atoms with Gasteiger partial charge in [0.25, 0.3) is 5.91 Å². The molecule has 0 bridgehead atoms. The highest BCUT2D eigenvalue weighted by atomic mass is 35.5. The normalized spacial score (nSPS) is 18.0. The third-order valence-electron chi connectivity index (χ3n) is 5.86. The van der Waals surface area contributed by atoms with Crippen molar-refractivity contribution in [3.05, 3.63) is 39.7 Å². The van der Waals surface area contributed by atoms with Crippen LogP contribution in [-0.2, 0) is 9.59 Å². The van der Waals surface area contributed by atoms with E-state index in [0.717, 1.165) is 33.4 Å². The number of halogens is 1. The molecule has 2 aromatic rings. The molecule has 1 atom stereocenters. The zero-order chi connectivity index (χ0) is 21.1. The number of amides is 1. The molecule has 0 saturated heterocycles. The van der Waals surface area contributed by atoms with Crippen LogP contribution in [0.25, 0.3) is 10.1 Å². The minimum Gasteiger partial charge on any atom is -0.494 e. The summed E-state index contributed by atoms with van der Waals surface area (Å²) in [5.74, 6) is 0.0999. The van der Waals surface area contributed by atoms with Crippen molar-refractivity contribution in [3.8, 4) is 5.75 Å². The van der Waals surface area contributed by atoms with E-state index in [0.29, 0.717) is 29.7 Å². The molecular formula is C23H24ClNO4S. The fourth-order valence-electron chi connectivity index (χ4n) is 4.41. The average molecular weight is 446 g/mol. The number of hydrogen-bond donors (Lipinski definition) is 1. The lowest BCUT2D eigenvalue weighted by atomic mass is 9.75. The maximum Gasteiger partial charge on any atom is 0.303 e. The Morgan fingerprint density at radius 3 is 2.80 bits per heavy atom. The Bertz CT molecular complexity index is 1020. The van der Waals surface area contributed by atoms with Crippen molar-refractivity contribution in [2.24, 2.45) is 10.9 Å². The minimum absolute atomic E-state index is 0.0230. The van der Waals surface area contributed by atoms with E-state index in [1.807, 2.05) is 24.3 Å². The Hall–Kier alpha value is -2.18. The summed E-state index contributed by atoms with van der Waals surface area (Å²) >= 11 is 8.45. The van der Waals surface area contributed by atoms with Gasteiger partial charge in [-0.1, -0.05) is 30.9 Å². The van der Waals surface area contributed by atoms with Gasteiger partial charge in [0.05, 0.1) is 11.6 Å². The van der Waals surface area contributed by atoms with Crippen LogP contribution in [0.15, 0.2) is 34.8 Å². The second kappa shape index (κ2) is 9.31. The van der Waals surface area contributed by atoms with Gasteiger partial charge in [-0.05, 0) is 49.5 Å². The predicted molar refractivity (Wildman–Crippen MR) is 120 cm³/mol. The topological polar surface area (TPSA) is 76.0 Å². The van der Waals surface area contributed by atoms with Gasteiger partial charge in [0, 0.05) is 39.1 Å². The van der Waals surface area contributed by atoms with E-state index in [4.69, 9.17) is 21.4 Å². The Kier molecular flexibility index (Phi) is 6.54. The van der Waals surface area contributed by atoms with Crippen molar-refractivity contribution in [3.63, 3.8) is 0 Å². The van der Waals surface area contributed by atoms with Crippen LogP contribution >= 0.6 is 22.9 Å². The molecule has 1 unspecified atom stereocenters. The number of rotatable bonds is 8. The molecular weight excluding hydrogens is 422 g/mol. The van der Waals surface area contributed by atoms with E-state index in [1.54, 1.807) is 17.6 Å². The van der Waals surface area contributed by atoms with Crippen molar-refractivity contribution in [1.82, 2.24) is 0 Å². The molecule has 2 aliphatic rings. The molecule has 5 nitrogen and oxygen atoms in total. The van der Waals surface area contributed by atoms with E-state index >= 15 is 0 Å². The molecule has 4 rings (SSSR count). The Morgan fingerprint density at radius 2 is 2.10 bits per heavy atom. The summed E-state index contributed by atoms with van der Waals surface area (Å²) in [7, 11) is 0. The first kappa shape index (κ1) is 21.1. The van der Waals surface area contributed by atoms with Crippen LogP contribution in [0.4, 0.5) is 0 Å². The van der Waals surface area contributed by atoms with Gasteiger partial charge in [-0.25, -0.2) is 4.99 Å². The lowest BCUT2D eigenvalue weighted by Gasteiger charge is -2.30. The van der Waals surface area contributed by atoms with Crippen LogP contribution < -0.4 is 4.74 Å². The Morgan fingerprint density at radius 1 is 1.30 bits per heavy atom. The van der Waals surface area contributed by atoms with Gasteiger partial charge in [0.1, 0.15) is 5.75 Å². The molecule has 1 amide bonds. The molecule has 1 saturated carbocycles. The molecule has 1 aromatic heterocycles. The molecule has 30 heavy (non-hydrogen) atoms. The minimum atomic E-state index is -0.822. The molecule has 0 spiro atoms. The SMILES string of the molecule is O=C(O)CCCOc1ccc2c(Cl)c(C(C3=CC=NC3=O)C3CCCCC3)sc2c1. The van der Waals surface area contributed by atoms with Gasteiger partial charge in [-0.2, -0.15) is 0 Å². The van der Waals surface area contributed by atoms with Crippen molar-refractivity contribution < 1.29 is 19.4 Å². The second-order valence-corrected chi connectivity index (χ2v) is 9.33. The smallest absolute Gasteiger partial charge is 0.303 e. The van der Waals surface area contributed by atoms with E-state index in [1.165, 1.54) is 19.3 Å². The van der Waals surface area contributed by atoms with Crippen molar-refractivity contribution in [2.75, 3.05) is 6.61 Å². The number of ether oxygens (including phenoxy) is 1. The van der Waals surface area contributed by atoms with Gasteiger partial charge in [0.2, 0.25) is 0 Å². The lowest BCUT2D eigenvalue weighted by molar-refractivity contribution is -0.137. The summed E-state index contributed by atoms with van der Waals surface area (Å²) in [6, 6.07) is 5.77. The molecule has 1 aromatic carbocycles. The Labute approximate surface area is 184 Å². The van der Waals surface area contributed by atoms with E-state index in [9.17, 15) is 9.59 Å². The van der Waals surface area contributed by atoms with Crippen LogP contribution in [0.5, 0.6) is 5.75 Å². The van der Waals surface area contributed by atoms with Crippen molar-refractivity contribution in [1.29, 1.82) is 0 Å². The number of allylic oxidation sites excluding steroid dienone is 1. The highest BCUT2D eigenvalue weighted by Gasteiger charge is 2.35. The molecule has 7 heteroatoms. The summed E-state index contributed by atoms with van der Waals surface area (Å²) in [5.41, 5.74) is 0.750. The first-order valence-corrected chi connectivity index (χ1v) is 11.6. The van der Waals surface area contributed by atoms with Gasteiger partial charge < -0.3 is 9.84 Å². The van der Waals surface area contributed by atoms with E-state index in [2.05, 4.69) is 4.99 Å². The summed E-state index contributed by atoms with van der Waals surface area (Å²) in [4.78, 5) is 28.1. The highest BCUT2D eigenvalue weighted by molar-refractivity contribution is 7.20. The number of nitrogens with zero attached hydrogens (tertiary/aromatic N) is 1. The van der Waals surface area contributed by atoms with Crippen LogP contribution in [0.2, 0.25) is 5.02 Å². The number of aliphatic imine (C=N–C) groups is 1. The molecule has 1 N–H and O–H groups in total. The fraction of sp³-hybridized carbons (Fsp3) is 0.435. The van der Waals surface area contributed by atoms with Gasteiger partial charge in [0.15, 0.2) is 0 Å². The highest BCUT2D eigenvalue weighted by Crippen LogP contribution is 2.49. The van der Waals surface area contributed by atoms with E-state index < -0.39 is 5.97 Å². The predicted octanol–water partition coefficient (Wildman–Crippen LogP) is 6.00. The number of carbonyl (C=O) groups excluding carboxylic acids is 1. The zero-order valence-electron chi connectivity index (χ0n) is 16.6. The van der Waals surface area contributed by atoms with E-state index in [-0.39, 0.29) is 18.2 Å². The summed E-state index contributed by atoms with van der Waals surface area (Å²) in [5, 5.41) is 10.4. The molecule has 1 fully saturated rings. The summed E-state index contributed by atoms with van der Waals surface area (Å²) in [6.45, 7) is 0.354. The average Bonchev–Trinajstić information content (AvgIpc) is 3.30. The monoisotopic (exact) mass is 445 g/mol. The van der Waals surface area contributed by atoms with Crippen molar-refractivity contribution >= 4 is 51.1 Å². The molecule has 1 aliphatic heterocycles. The third-order valence-corrected chi connectivity index (χ3v) is 7.62. The van der Waals surface area contributed by atoms with Crippen LogP contribution in [0.3, 0.4) is 0 Å². The zero-order valence-corrected chi connectivity index (χ0v) is 18.2. The van der Waals surface area contributed by atoms with Crippen molar-refractivity contribution in [2.45, 2.75) is 50.9 Å². The fourth-order valence-corrected chi connectivity index (χ4v) is 6.20.